The summed E-state index contributed by atoms with van der Waals surface area (Å²) in [6, 6.07) is 0.699. The van der Waals surface area contributed by atoms with Crippen LogP contribution in [0.15, 0.2) is 12.3 Å². The van der Waals surface area contributed by atoms with Gasteiger partial charge in [0, 0.05) is 26.2 Å². The average Bonchev–Trinajstić information content (AvgIpc) is 2.77. The number of amides is 1. The molecule has 0 radical (unpaired) electrons. The molecule has 1 aromatic heterocycles. The molecule has 0 aliphatic carbocycles. The maximum Gasteiger partial charge on any atom is 0.433 e. The highest BCUT2D eigenvalue weighted by Crippen LogP contribution is 2.33. The average molecular weight is 261 g/mol. The number of alkyl halides is 3. The van der Waals surface area contributed by atoms with Crippen LogP contribution in [0.1, 0.15) is 31.5 Å². The molecule has 4 nitrogen and oxygen atoms in total. The van der Waals surface area contributed by atoms with Gasteiger partial charge in [0.1, 0.15) is 5.69 Å². The minimum atomic E-state index is -4.38. The highest BCUT2D eigenvalue weighted by atomic mass is 19.4. The fraction of sp³-hybridized carbons (Fsp3) is 0.636. The normalized spacial score (nSPS) is 18.1. The van der Waals surface area contributed by atoms with Gasteiger partial charge in [-0.2, -0.15) is 18.3 Å². The van der Waals surface area contributed by atoms with Crippen LogP contribution in [0.5, 0.6) is 0 Å². The molecule has 0 bridgehead atoms. The summed E-state index contributed by atoms with van der Waals surface area (Å²) in [4.78, 5) is 12.8. The predicted molar refractivity (Wildman–Crippen MR) is 57.8 cm³/mol. The van der Waals surface area contributed by atoms with Gasteiger partial charge in [0.05, 0.1) is 6.04 Å². The van der Waals surface area contributed by atoms with E-state index in [1.165, 1.54) is 13.1 Å². The van der Waals surface area contributed by atoms with Crippen molar-refractivity contribution in [3.05, 3.63) is 18.0 Å². The zero-order valence-electron chi connectivity index (χ0n) is 9.94. The topological polar surface area (TPSA) is 38.1 Å². The minimum Gasteiger partial charge on any atom is -0.343 e. The Bertz CT molecular complexity index is 433. The van der Waals surface area contributed by atoms with E-state index in [0.29, 0.717) is 25.9 Å². The van der Waals surface area contributed by atoms with Crippen molar-refractivity contribution in [2.24, 2.45) is 0 Å². The van der Waals surface area contributed by atoms with E-state index in [0.717, 1.165) is 10.7 Å². The molecule has 1 fully saturated rings. The lowest BCUT2D eigenvalue weighted by Gasteiger charge is -2.32. The highest BCUT2D eigenvalue weighted by molar-refractivity contribution is 5.73. The van der Waals surface area contributed by atoms with Crippen LogP contribution in [0, 0.1) is 0 Å². The van der Waals surface area contributed by atoms with E-state index in [2.05, 4.69) is 5.10 Å². The summed E-state index contributed by atoms with van der Waals surface area (Å²) in [6.45, 7) is 2.43. The third kappa shape index (κ3) is 2.49. The first-order chi connectivity index (χ1) is 8.39. The number of halogens is 3. The zero-order valence-corrected chi connectivity index (χ0v) is 9.94. The predicted octanol–water partition coefficient (Wildman–Crippen LogP) is 2.09. The van der Waals surface area contributed by atoms with Gasteiger partial charge in [-0.3, -0.25) is 9.48 Å². The first-order valence-electron chi connectivity index (χ1n) is 5.76. The standard InChI is InChI=1S/C11H14F3N3O/c1-8(18)16-6-3-9(4-7-16)17-10(2-5-15-17)11(12,13)14/h2,5,9H,3-4,6-7H2,1H3. The Morgan fingerprint density at radius 3 is 2.50 bits per heavy atom. The number of aromatic nitrogens is 2. The molecule has 0 unspecified atom stereocenters. The molecular formula is C11H14F3N3O. The van der Waals surface area contributed by atoms with Gasteiger partial charge in [-0.15, -0.1) is 0 Å². The second kappa shape index (κ2) is 4.62. The third-order valence-corrected chi connectivity index (χ3v) is 3.22. The number of carbonyl (C=O) groups excluding carboxylic acids is 1. The second-order valence-electron chi connectivity index (χ2n) is 4.40. The Morgan fingerprint density at radius 2 is 2.00 bits per heavy atom. The molecule has 0 N–H and O–H groups in total. The molecule has 1 saturated heterocycles. The largest absolute Gasteiger partial charge is 0.433 e. The van der Waals surface area contributed by atoms with Crippen molar-refractivity contribution >= 4 is 5.91 Å². The molecule has 100 valence electrons. The number of rotatable bonds is 1. The van der Waals surface area contributed by atoms with Crippen LogP contribution in [0.4, 0.5) is 13.2 Å². The van der Waals surface area contributed by atoms with Gasteiger partial charge >= 0.3 is 6.18 Å². The number of nitrogens with zero attached hydrogens (tertiary/aromatic N) is 3. The Labute approximate surface area is 102 Å². The summed E-state index contributed by atoms with van der Waals surface area (Å²) in [5.74, 6) is -0.0371. The molecule has 2 rings (SSSR count). The molecule has 18 heavy (non-hydrogen) atoms. The molecule has 0 spiro atoms. The van der Waals surface area contributed by atoms with Gasteiger partial charge in [0.25, 0.3) is 0 Å². The molecular weight excluding hydrogens is 247 g/mol. The van der Waals surface area contributed by atoms with Crippen LogP contribution in [-0.2, 0) is 11.0 Å². The third-order valence-electron chi connectivity index (χ3n) is 3.22. The molecule has 0 saturated carbocycles. The summed E-state index contributed by atoms with van der Waals surface area (Å²) >= 11 is 0. The Hall–Kier alpha value is -1.53. The first kappa shape index (κ1) is 12.9. The van der Waals surface area contributed by atoms with Crippen molar-refractivity contribution < 1.29 is 18.0 Å². The van der Waals surface area contributed by atoms with E-state index in [1.54, 1.807) is 4.90 Å². The molecule has 1 aliphatic rings. The SMILES string of the molecule is CC(=O)N1CCC(n2nccc2C(F)(F)F)CC1. The Morgan fingerprint density at radius 1 is 1.39 bits per heavy atom. The first-order valence-corrected chi connectivity index (χ1v) is 5.76. The number of likely N-dealkylation sites (tertiary alicyclic amines) is 1. The van der Waals surface area contributed by atoms with Gasteiger partial charge in [-0.25, -0.2) is 0 Å². The quantitative estimate of drug-likeness (QED) is 0.776. The second-order valence-corrected chi connectivity index (χ2v) is 4.40. The lowest BCUT2D eigenvalue weighted by atomic mass is 10.0. The van der Waals surface area contributed by atoms with Crippen molar-refractivity contribution in [1.29, 1.82) is 0 Å². The van der Waals surface area contributed by atoms with Crippen molar-refractivity contribution in [3.63, 3.8) is 0 Å². The minimum absolute atomic E-state index is 0.0371. The fourth-order valence-corrected chi connectivity index (χ4v) is 2.26. The van der Waals surface area contributed by atoms with Crippen LogP contribution in [0.2, 0.25) is 0 Å². The number of hydrogen-bond acceptors (Lipinski definition) is 2. The van der Waals surface area contributed by atoms with E-state index >= 15 is 0 Å². The molecule has 1 aliphatic heterocycles. The number of piperidine rings is 1. The molecule has 0 aromatic carbocycles. The number of carbonyl (C=O) groups is 1. The summed E-state index contributed by atoms with van der Waals surface area (Å²) in [7, 11) is 0. The van der Waals surface area contributed by atoms with Crippen LogP contribution in [-0.4, -0.2) is 33.7 Å². The lowest BCUT2D eigenvalue weighted by molar-refractivity contribution is -0.146. The van der Waals surface area contributed by atoms with E-state index in [-0.39, 0.29) is 11.9 Å². The van der Waals surface area contributed by atoms with Crippen LogP contribution < -0.4 is 0 Å². The molecule has 1 amide bonds. The molecule has 7 heteroatoms. The zero-order chi connectivity index (χ0) is 13.3. The maximum absolute atomic E-state index is 12.7. The van der Waals surface area contributed by atoms with E-state index < -0.39 is 11.9 Å². The summed E-state index contributed by atoms with van der Waals surface area (Å²) in [5, 5.41) is 3.77. The van der Waals surface area contributed by atoms with Gasteiger partial charge in [0.15, 0.2) is 0 Å². The summed E-state index contributed by atoms with van der Waals surface area (Å²) in [6.07, 6.45) is -2.21. The fourth-order valence-electron chi connectivity index (χ4n) is 2.26. The van der Waals surface area contributed by atoms with E-state index in [9.17, 15) is 18.0 Å². The van der Waals surface area contributed by atoms with E-state index in [4.69, 9.17) is 0 Å². The van der Waals surface area contributed by atoms with Crippen LogP contribution >= 0.6 is 0 Å². The van der Waals surface area contributed by atoms with Crippen molar-refractivity contribution in [1.82, 2.24) is 14.7 Å². The summed E-state index contributed by atoms with van der Waals surface area (Å²) in [5.41, 5.74) is -0.719. The molecule has 2 heterocycles. The Balaban J connectivity index is 2.11. The van der Waals surface area contributed by atoms with Crippen molar-refractivity contribution in [3.8, 4) is 0 Å². The summed E-state index contributed by atoms with van der Waals surface area (Å²) < 4.78 is 39.2. The molecule has 1 aromatic rings. The van der Waals surface area contributed by atoms with E-state index in [1.807, 2.05) is 0 Å². The molecule has 0 atom stereocenters. The van der Waals surface area contributed by atoms with Gasteiger partial charge in [-0.1, -0.05) is 0 Å². The number of hydrogen-bond donors (Lipinski definition) is 0. The lowest BCUT2D eigenvalue weighted by Crippen LogP contribution is -2.38. The van der Waals surface area contributed by atoms with Gasteiger partial charge in [-0.05, 0) is 18.9 Å². The van der Waals surface area contributed by atoms with Gasteiger partial charge < -0.3 is 4.90 Å². The highest BCUT2D eigenvalue weighted by Gasteiger charge is 2.37. The van der Waals surface area contributed by atoms with Crippen LogP contribution in [0.3, 0.4) is 0 Å². The smallest absolute Gasteiger partial charge is 0.343 e. The Kier molecular flexibility index (Phi) is 3.32. The van der Waals surface area contributed by atoms with Crippen LogP contribution in [0.25, 0.3) is 0 Å². The van der Waals surface area contributed by atoms with Gasteiger partial charge in [0.2, 0.25) is 5.91 Å². The maximum atomic E-state index is 12.7. The van der Waals surface area contributed by atoms with Crippen molar-refractivity contribution in [2.75, 3.05) is 13.1 Å². The van der Waals surface area contributed by atoms with Crippen molar-refractivity contribution in [2.45, 2.75) is 32.0 Å². The monoisotopic (exact) mass is 261 g/mol.